The van der Waals surface area contributed by atoms with Crippen molar-refractivity contribution in [3.05, 3.63) is 54.4 Å². The Bertz CT molecular complexity index is 845. The molecule has 0 unspecified atom stereocenters. The molecule has 3 rings (SSSR count). The number of benzene rings is 1. The Labute approximate surface area is 146 Å². The normalized spacial score (nSPS) is 11.0. The van der Waals surface area contributed by atoms with Gasteiger partial charge in [0.2, 0.25) is 0 Å². The lowest BCUT2D eigenvalue weighted by Crippen LogP contribution is -2.34. The highest BCUT2D eigenvalue weighted by molar-refractivity contribution is 5.99. The van der Waals surface area contributed by atoms with Crippen LogP contribution >= 0.6 is 0 Å². The number of nitrogens with zero attached hydrogens (tertiary/aromatic N) is 4. The molecule has 0 aliphatic heterocycles. The first kappa shape index (κ1) is 17.1. The number of fused-ring (bicyclic) bond motifs is 1. The molecule has 0 saturated heterocycles. The van der Waals surface area contributed by atoms with Crippen molar-refractivity contribution < 1.29 is 9.90 Å². The maximum atomic E-state index is 12.9. The number of carbonyl (C=O) groups is 1. The first-order valence-electron chi connectivity index (χ1n) is 8.54. The molecule has 0 bridgehead atoms. The molecule has 1 aromatic carbocycles. The van der Waals surface area contributed by atoms with Gasteiger partial charge in [0.05, 0.1) is 18.5 Å². The predicted molar refractivity (Wildman–Crippen MR) is 96.3 cm³/mol. The second kappa shape index (κ2) is 7.90. The zero-order valence-corrected chi connectivity index (χ0v) is 14.3. The lowest BCUT2D eigenvalue weighted by Gasteiger charge is -2.20. The number of unbranched alkanes of at least 4 members (excludes halogenated alkanes) is 1. The van der Waals surface area contributed by atoms with Crippen LogP contribution < -0.4 is 0 Å². The van der Waals surface area contributed by atoms with Gasteiger partial charge < -0.3 is 10.0 Å². The average molecular weight is 338 g/mol. The van der Waals surface area contributed by atoms with E-state index in [2.05, 4.69) is 17.0 Å². The van der Waals surface area contributed by atoms with E-state index in [4.69, 9.17) is 0 Å². The summed E-state index contributed by atoms with van der Waals surface area (Å²) in [7, 11) is 0. The number of rotatable bonds is 7. The maximum absolute atomic E-state index is 12.9. The molecule has 25 heavy (non-hydrogen) atoms. The number of aliphatic hydroxyl groups is 1. The third-order valence-electron chi connectivity index (χ3n) is 4.14. The van der Waals surface area contributed by atoms with Crippen molar-refractivity contribution in [3.8, 4) is 11.3 Å². The highest BCUT2D eigenvalue weighted by Gasteiger charge is 2.21. The fraction of sp³-hybridized carbons (Fsp3) is 0.316. The van der Waals surface area contributed by atoms with Crippen molar-refractivity contribution in [1.29, 1.82) is 0 Å². The number of carbonyl (C=O) groups excluding carboxylic acids is 1. The summed E-state index contributed by atoms with van der Waals surface area (Å²) in [6.07, 6.45) is 5.14. The lowest BCUT2D eigenvalue weighted by molar-refractivity contribution is 0.0721. The first-order chi connectivity index (χ1) is 12.3. The second-order valence-corrected chi connectivity index (χ2v) is 5.86. The number of hydrogen-bond donors (Lipinski definition) is 1. The lowest BCUT2D eigenvalue weighted by atomic mass is 10.1. The van der Waals surface area contributed by atoms with Gasteiger partial charge in [0.15, 0.2) is 5.65 Å². The topological polar surface area (TPSA) is 70.7 Å². The molecule has 1 amide bonds. The van der Waals surface area contributed by atoms with E-state index in [1.54, 1.807) is 21.8 Å². The fourth-order valence-corrected chi connectivity index (χ4v) is 2.82. The second-order valence-electron chi connectivity index (χ2n) is 5.86. The van der Waals surface area contributed by atoms with Crippen LogP contribution in [0.1, 0.15) is 30.1 Å². The first-order valence-corrected chi connectivity index (χ1v) is 8.54. The zero-order valence-electron chi connectivity index (χ0n) is 14.3. The van der Waals surface area contributed by atoms with Gasteiger partial charge in [0, 0.05) is 24.8 Å². The highest BCUT2D eigenvalue weighted by atomic mass is 16.3. The zero-order chi connectivity index (χ0) is 17.6. The Morgan fingerprint density at radius 3 is 2.72 bits per heavy atom. The molecule has 0 spiro atoms. The fourth-order valence-electron chi connectivity index (χ4n) is 2.82. The molecule has 2 heterocycles. The SMILES string of the molecule is CCCCN(CCO)C(=O)c1cnn2c(-c3ccccc3)ccnc12. The Balaban J connectivity index is 1.99. The Hall–Kier alpha value is -2.73. The molecule has 6 nitrogen and oxygen atoms in total. The van der Waals surface area contributed by atoms with E-state index in [1.807, 2.05) is 36.4 Å². The van der Waals surface area contributed by atoms with Crippen molar-refractivity contribution in [3.63, 3.8) is 0 Å². The summed E-state index contributed by atoms with van der Waals surface area (Å²) in [6, 6.07) is 11.8. The van der Waals surface area contributed by atoms with E-state index in [-0.39, 0.29) is 12.5 Å². The minimum Gasteiger partial charge on any atom is -0.395 e. The largest absolute Gasteiger partial charge is 0.395 e. The molecule has 130 valence electrons. The molecular weight excluding hydrogens is 316 g/mol. The third kappa shape index (κ3) is 3.53. The van der Waals surface area contributed by atoms with Gasteiger partial charge in [-0.15, -0.1) is 0 Å². The summed E-state index contributed by atoms with van der Waals surface area (Å²) in [6.45, 7) is 2.95. The van der Waals surface area contributed by atoms with Crippen molar-refractivity contribution >= 4 is 11.6 Å². The molecule has 1 N–H and O–H groups in total. The van der Waals surface area contributed by atoms with Gasteiger partial charge in [0.1, 0.15) is 5.56 Å². The van der Waals surface area contributed by atoms with E-state index in [9.17, 15) is 9.90 Å². The number of amides is 1. The van der Waals surface area contributed by atoms with Gasteiger partial charge in [-0.3, -0.25) is 4.79 Å². The quantitative estimate of drug-likeness (QED) is 0.719. The molecule has 6 heteroatoms. The average Bonchev–Trinajstić information content (AvgIpc) is 3.09. The molecule has 3 aromatic rings. The van der Waals surface area contributed by atoms with Crippen LogP contribution in [-0.2, 0) is 0 Å². The number of aromatic nitrogens is 3. The van der Waals surface area contributed by atoms with Gasteiger partial charge >= 0.3 is 0 Å². The van der Waals surface area contributed by atoms with Gasteiger partial charge in [-0.25, -0.2) is 9.50 Å². The van der Waals surface area contributed by atoms with Gasteiger partial charge in [-0.05, 0) is 12.5 Å². The summed E-state index contributed by atoms with van der Waals surface area (Å²) in [5.41, 5.74) is 2.88. The van der Waals surface area contributed by atoms with Crippen LogP contribution in [0.5, 0.6) is 0 Å². The van der Waals surface area contributed by atoms with Crippen molar-refractivity contribution in [2.24, 2.45) is 0 Å². The Kier molecular flexibility index (Phi) is 5.40. The van der Waals surface area contributed by atoms with Crippen molar-refractivity contribution in [1.82, 2.24) is 19.5 Å². The minimum absolute atomic E-state index is 0.0582. The van der Waals surface area contributed by atoms with Crippen LogP contribution in [0.3, 0.4) is 0 Å². The van der Waals surface area contributed by atoms with Crippen LogP contribution in [0, 0.1) is 0 Å². The smallest absolute Gasteiger partial charge is 0.259 e. The Morgan fingerprint density at radius 2 is 2.00 bits per heavy atom. The molecule has 0 radical (unpaired) electrons. The van der Waals surface area contributed by atoms with E-state index < -0.39 is 0 Å². The molecular formula is C19H22N4O2. The molecule has 2 aromatic heterocycles. The van der Waals surface area contributed by atoms with Crippen LogP contribution in [0.2, 0.25) is 0 Å². The molecule has 0 aliphatic carbocycles. The minimum atomic E-state index is -0.143. The number of hydrogen-bond acceptors (Lipinski definition) is 4. The van der Waals surface area contributed by atoms with Crippen molar-refractivity contribution in [2.45, 2.75) is 19.8 Å². The monoisotopic (exact) mass is 338 g/mol. The van der Waals surface area contributed by atoms with Gasteiger partial charge in [0.25, 0.3) is 5.91 Å². The van der Waals surface area contributed by atoms with Crippen LogP contribution in [0.25, 0.3) is 16.9 Å². The maximum Gasteiger partial charge on any atom is 0.259 e. The van der Waals surface area contributed by atoms with Crippen LogP contribution in [0.4, 0.5) is 0 Å². The van der Waals surface area contributed by atoms with Crippen molar-refractivity contribution in [2.75, 3.05) is 19.7 Å². The molecule has 0 aliphatic rings. The summed E-state index contributed by atoms with van der Waals surface area (Å²) in [5.74, 6) is -0.143. The molecule has 0 fully saturated rings. The standard InChI is InChI=1S/C19H22N4O2/c1-2-3-11-22(12-13-24)19(25)16-14-21-23-17(9-10-20-18(16)23)15-7-5-4-6-8-15/h4-10,14,24H,2-3,11-13H2,1H3. The van der Waals surface area contributed by atoms with Gasteiger partial charge in [-0.1, -0.05) is 43.7 Å². The van der Waals surface area contributed by atoms with Crippen LogP contribution in [0.15, 0.2) is 48.8 Å². The molecule has 0 saturated carbocycles. The third-order valence-corrected chi connectivity index (χ3v) is 4.14. The Morgan fingerprint density at radius 1 is 1.20 bits per heavy atom. The summed E-state index contributed by atoms with van der Waals surface area (Å²) < 4.78 is 1.69. The van der Waals surface area contributed by atoms with E-state index in [0.717, 1.165) is 24.1 Å². The summed E-state index contributed by atoms with van der Waals surface area (Å²) in [5, 5.41) is 13.6. The van der Waals surface area contributed by atoms with Crippen LogP contribution in [-0.4, -0.2) is 50.2 Å². The predicted octanol–water partition coefficient (Wildman–Crippen LogP) is 2.63. The van der Waals surface area contributed by atoms with E-state index in [1.165, 1.54) is 0 Å². The summed E-state index contributed by atoms with van der Waals surface area (Å²) in [4.78, 5) is 18.9. The summed E-state index contributed by atoms with van der Waals surface area (Å²) >= 11 is 0. The molecule has 0 atom stereocenters. The number of aliphatic hydroxyl groups excluding tert-OH is 1. The van der Waals surface area contributed by atoms with E-state index >= 15 is 0 Å². The highest BCUT2D eigenvalue weighted by Crippen LogP contribution is 2.21. The van der Waals surface area contributed by atoms with E-state index in [0.29, 0.717) is 24.3 Å². The van der Waals surface area contributed by atoms with Gasteiger partial charge in [-0.2, -0.15) is 5.10 Å².